The Hall–Kier alpha value is -2.14. The molecular weight excluding hydrogens is 238 g/mol. The van der Waals surface area contributed by atoms with Crippen molar-refractivity contribution in [2.24, 2.45) is 0 Å². The maximum absolute atomic E-state index is 5.88. The molecule has 2 N–H and O–H groups in total. The van der Waals surface area contributed by atoms with E-state index in [0.29, 0.717) is 22.2 Å². The van der Waals surface area contributed by atoms with Crippen LogP contribution in [0.2, 0.25) is 5.02 Å². The number of rotatable bonds is 1. The van der Waals surface area contributed by atoms with Gasteiger partial charge < -0.3 is 5.73 Å². The average Bonchev–Trinajstić information content (AvgIpc) is 2.76. The van der Waals surface area contributed by atoms with Crippen LogP contribution in [-0.2, 0) is 0 Å². The molecule has 3 aromatic rings. The highest BCUT2D eigenvalue weighted by Gasteiger charge is 2.08. The summed E-state index contributed by atoms with van der Waals surface area (Å²) in [6.07, 6.45) is 5.13. The molecule has 6 heteroatoms. The van der Waals surface area contributed by atoms with Crippen LogP contribution in [-0.4, -0.2) is 19.6 Å². The molecule has 0 aliphatic carbocycles. The van der Waals surface area contributed by atoms with Crippen LogP contribution in [0.1, 0.15) is 0 Å². The van der Waals surface area contributed by atoms with Crippen LogP contribution in [0.5, 0.6) is 0 Å². The van der Waals surface area contributed by atoms with Gasteiger partial charge in [0.05, 0.1) is 16.9 Å². The normalized spacial score (nSPS) is 10.9. The topological polar surface area (TPSA) is 69.1 Å². The lowest BCUT2D eigenvalue weighted by atomic mass is 10.2. The highest BCUT2D eigenvalue weighted by Crippen LogP contribution is 2.25. The monoisotopic (exact) mass is 245 g/mol. The number of nitrogens with zero attached hydrogens (tertiary/aromatic N) is 4. The van der Waals surface area contributed by atoms with Crippen LogP contribution < -0.4 is 5.73 Å². The number of aromatic nitrogens is 4. The fourth-order valence-corrected chi connectivity index (χ4v) is 1.75. The van der Waals surface area contributed by atoms with Crippen LogP contribution in [0.15, 0.2) is 36.8 Å². The van der Waals surface area contributed by atoms with Crippen LogP contribution >= 0.6 is 11.6 Å². The molecule has 0 saturated heterocycles. The summed E-state index contributed by atoms with van der Waals surface area (Å²) in [5.74, 6) is 0.714. The third-order valence-corrected chi connectivity index (χ3v) is 2.81. The van der Waals surface area contributed by atoms with E-state index in [0.717, 1.165) is 5.56 Å². The molecule has 0 fully saturated rings. The summed E-state index contributed by atoms with van der Waals surface area (Å²) in [7, 11) is 0. The van der Waals surface area contributed by atoms with E-state index in [1.54, 1.807) is 30.7 Å². The predicted molar refractivity (Wildman–Crippen MR) is 65.6 cm³/mol. The molecule has 0 unspecified atom stereocenters. The second-order valence-corrected chi connectivity index (χ2v) is 3.97. The van der Waals surface area contributed by atoms with Crippen molar-refractivity contribution in [2.45, 2.75) is 0 Å². The van der Waals surface area contributed by atoms with Crippen molar-refractivity contribution in [3.8, 4) is 11.4 Å². The van der Waals surface area contributed by atoms with E-state index in [9.17, 15) is 0 Å². The van der Waals surface area contributed by atoms with Crippen molar-refractivity contribution >= 4 is 22.9 Å². The minimum Gasteiger partial charge on any atom is -0.398 e. The van der Waals surface area contributed by atoms with E-state index in [2.05, 4.69) is 15.2 Å². The first-order valence-corrected chi connectivity index (χ1v) is 5.33. The second kappa shape index (κ2) is 3.71. The van der Waals surface area contributed by atoms with Gasteiger partial charge in [-0.2, -0.15) is 0 Å². The van der Waals surface area contributed by atoms with Gasteiger partial charge in [-0.15, -0.1) is 10.2 Å². The van der Waals surface area contributed by atoms with E-state index in [4.69, 9.17) is 17.3 Å². The van der Waals surface area contributed by atoms with E-state index < -0.39 is 0 Å². The minimum absolute atomic E-state index is 0.523. The molecule has 17 heavy (non-hydrogen) atoms. The first-order valence-electron chi connectivity index (χ1n) is 4.96. The summed E-state index contributed by atoms with van der Waals surface area (Å²) < 4.78 is 1.84. The molecule has 0 spiro atoms. The van der Waals surface area contributed by atoms with Gasteiger partial charge in [0.15, 0.2) is 11.5 Å². The van der Waals surface area contributed by atoms with E-state index in [1.165, 1.54) is 0 Å². The van der Waals surface area contributed by atoms with Crippen molar-refractivity contribution < 1.29 is 0 Å². The fraction of sp³-hybridized carbons (Fsp3) is 0. The Kier molecular flexibility index (Phi) is 2.19. The lowest BCUT2D eigenvalue weighted by molar-refractivity contribution is 1.11. The van der Waals surface area contributed by atoms with Gasteiger partial charge in [0.25, 0.3) is 0 Å². The SMILES string of the molecule is Nc1cc(-c2nnc3cnccn23)ccc1Cl. The van der Waals surface area contributed by atoms with Gasteiger partial charge >= 0.3 is 0 Å². The first-order chi connectivity index (χ1) is 8.25. The molecule has 84 valence electrons. The van der Waals surface area contributed by atoms with Crippen molar-refractivity contribution in [1.82, 2.24) is 19.6 Å². The largest absolute Gasteiger partial charge is 0.398 e. The number of nitrogens with two attached hydrogens (primary N) is 1. The Morgan fingerprint density at radius 2 is 2.12 bits per heavy atom. The van der Waals surface area contributed by atoms with Gasteiger partial charge in [-0.25, -0.2) is 0 Å². The highest BCUT2D eigenvalue weighted by molar-refractivity contribution is 6.33. The predicted octanol–water partition coefficient (Wildman–Crippen LogP) is 2.03. The maximum atomic E-state index is 5.88. The van der Waals surface area contributed by atoms with Gasteiger partial charge in [0.1, 0.15) is 0 Å². The summed E-state index contributed by atoms with van der Waals surface area (Å²) in [6.45, 7) is 0. The molecule has 0 aliphatic heterocycles. The summed E-state index contributed by atoms with van der Waals surface area (Å²) in [5, 5.41) is 8.67. The smallest absolute Gasteiger partial charge is 0.179 e. The number of hydrogen-bond donors (Lipinski definition) is 1. The Bertz CT molecular complexity index is 691. The molecule has 2 aromatic heterocycles. The van der Waals surface area contributed by atoms with Crippen molar-refractivity contribution in [3.63, 3.8) is 0 Å². The molecule has 1 aromatic carbocycles. The molecule has 0 amide bonds. The number of halogens is 1. The quantitative estimate of drug-likeness (QED) is 0.666. The molecule has 5 nitrogen and oxygen atoms in total. The van der Waals surface area contributed by atoms with Crippen molar-refractivity contribution in [2.75, 3.05) is 5.73 Å². The van der Waals surface area contributed by atoms with E-state index in [1.807, 2.05) is 10.5 Å². The Balaban J connectivity index is 2.24. The fourth-order valence-electron chi connectivity index (χ4n) is 1.63. The van der Waals surface area contributed by atoms with Gasteiger partial charge in [0.2, 0.25) is 0 Å². The van der Waals surface area contributed by atoms with Crippen LogP contribution in [0, 0.1) is 0 Å². The van der Waals surface area contributed by atoms with Crippen molar-refractivity contribution in [1.29, 1.82) is 0 Å². The van der Waals surface area contributed by atoms with Gasteiger partial charge in [-0.3, -0.25) is 9.38 Å². The highest BCUT2D eigenvalue weighted by atomic mass is 35.5. The first kappa shape index (κ1) is 10.0. The molecule has 0 aliphatic rings. The number of nitrogen functional groups attached to an aromatic ring is 1. The van der Waals surface area contributed by atoms with Gasteiger partial charge in [-0.05, 0) is 18.2 Å². The zero-order chi connectivity index (χ0) is 11.8. The maximum Gasteiger partial charge on any atom is 0.179 e. The molecule has 2 heterocycles. The lowest BCUT2D eigenvalue weighted by Gasteiger charge is -2.02. The summed E-state index contributed by atoms with van der Waals surface area (Å²) in [5.41, 5.74) is 7.85. The van der Waals surface area contributed by atoms with Crippen LogP contribution in [0.3, 0.4) is 0 Å². The number of anilines is 1. The Morgan fingerprint density at radius 3 is 2.94 bits per heavy atom. The lowest BCUT2D eigenvalue weighted by Crippen LogP contribution is -1.92. The summed E-state index contributed by atoms with van der Waals surface area (Å²) >= 11 is 5.88. The average molecular weight is 246 g/mol. The van der Waals surface area contributed by atoms with Gasteiger partial charge in [0, 0.05) is 18.0 Å². The number of hydrogen-bond acceptors (Lipinski definition) is 4. The standard InChI is InChI=1S/C11H8ClN5/c12-8-2-1-7(5-9(8)13)11-16-15-10-6-14-3-4-17(10)11/h1-6H,13H2. The van der Waals surface area contributed by atoms with Crippen molar-refractivity contribution in [3.05, 3.63) is 41.8 Å². The zero-order valence-corrected chi connectivity index (χ0v) is 9.46. The minimum atomic E-state index is 0.523. The van der Waals surface area contributed by atoms with Crippen LogP contribution in [0.25, 0.3) is 17.0 Å². The Labute approximate surface area is 102 Å². The number of fused-ring (bicyclic) bond motifs is 1. The molecule has 3 rings (SSSR count). The Morgan fingerprint density at radius 1 is 1.24 bits per heavy atom. The van der Waals surface area contributed by atoms with Gasteiger partial charge in [-0.1, -0.05) is 11.6 Å². The second-order valence-electron chi connectivity index (χ2n) is 3.56. The van der Waals surface area contributed by atoms with E-state index >= 15 is 0 Å². The number of benzene rings is 1. The molecule has 0 radical (unpaired) electrons. The zero-order valence-electron chi connectivity index (χ0n) is 8.71. The third kappa shape index (κ3) is 1.60. The molecule has 0 bridgehead atoms. The van der Waals surface area contributed by atoms with E-state index in [-0.39, 0.29) is 0 Å². The van der Waals surface area contributed by atoms with Crippen LogP contribution in [0.4, 0.5) is 5.69 Å². The summed E-state index contributed by atoms with van der Waals surface area (Å²) in [6, 6.07) is 5.38. The molecule has 0 saturated carbocycles. The summed E-state index contributed by atoms with van der Waals surface area (Å²) in [4.78, 5) is 3.98. The third-order valence-electron chi connectivity index (χ3n) is 2.47. The molecule has 0 atom stereocenters. The molecular formula is C11H8ClN5.